The van der Waals surface area contributed by atoms with Gasteiger partial charge in [-0.3, -0.25) is 4.90 Å². The number of thiophene rings is 1. The van der Waals surface area contributed by atoms with Crippen LogP contribution in [-0.2, 0) is 16.0 Å². The van der Waals surface area contributed by atoms with Crippen LogP contribution in [0.15, 0.2) is 16.8 Å². The number of terminal acetylenes is 1. The molecule has 1 aromatic heterocycles. The van der Waals surface area contributed by atoms with Gasteiger partial charge in [0.05, 0.1) is 12.7 Å². The van der Waals surface area contributed by atoms with Crippen LogP contribution in [0.25, 0.3) is 0 Å². The molecule has 1 N–H and O–H groups in total. The quantitative estimate of drug-likeness (QED) is 0.497. The molecule has 112 valence electrons. The molecule has 1 atom stereocenters. The second-order valence-corrected chi connectivity index (χ2v) is 5.37. The fraction of sp³-hybridized carbons (Fsp3) is 0.600. The molecule has 1 rings (SSSR count). The molecule has 0 fully saturated rings. The number of ether oxygens (including phenoxy) is 2. The van der Waals surface area contributed by atoms with Crippen molar-refractivity contribution in [2.75, 3.05) is 40.0 Å². The van der Waals surface area contributed by atoms with Crippen LogP contribution in [0.5, 0.6) is 0 Å². The maximum Gasteiger partial charge on any atom is 0.107 e. The van der Waals surface area contributed by atoms with Crippen molar-refractivity contribution < 1.29 is 14.6 Å². The van der Waals surface area contributed by atoms with Crippen molar-refractivity contribution in [2.45, 2.75) is 19.1 Å². The minimum Gasteiger partial charge on any atom is -0.389 e. The molecule has 1 heterocycles. The maximum absolute atomic E-state index is 9.97. The smallest absolute Gasteiger partial charge is 0.107 e. The van der Waals surface area contributed by atoms with E-state index in [1.54, 1.807) is 18.4 Å². The van der Waals surface area contributed by atoms with Crippen LogP contribution in [-0.4, -0.2) is 56.1 Å². The summed E-state index contributed by atoms with van der Waals surface area (Å²) in [6, 6.07) is 2.11. The normalized spacial score (nSPS) is 12.5. The Hall–Kier alpha value is -0.900. The molecule has 0 amide bonds. The summed E-state index contributed by atoms with van der Waals surface area (Å²) in [6.07, 6.45) is 5.53. The number of hydrogen-bond donors (Lipinski definition) is 1. The maximum atomic E-state index is 9.97. The van der Waals surface area contributed by atoms with E-state index in [0.29, 0.717) is 6.54 Å². The van der Waals surface area contributed by atoms with E-state index in [0.717, 1.165) is 26.1 Å². The fourth-order valence-corrected chi connectivity index (χ4v) is 2.57. The summed E-state index contributed by atoms with van der Waals surface area (Å²) < 4.78 is 10.2. The van der Waals surface area contributed by atoms with E-state index in [1.165, 1.54) is 5.56 Å². The highest BCUT2D eigenvalue weighted by Gasteiger charge is 2.12. The SMILES string of the molecule is C#CCOC[C@H](O)CN(CCCOC)Cc1ccsc1. The van der Waals surface area contributed by atoms with Crippen molar-refractivity contribution in [3.05, 3.63) is 22.4 Å². The third-order valence-corrected chi connectivity index (χ3v) is 3.51. The Morgan fingerprint density at radius 1 is 1.55 bits per heavy atom. The van der Waals surface area contributed by atoms with Crippen LogP contribution < -0.4 is 0 Å². The summed E-state index contributed by atoms with van der Waals surface area (Å²) in [5.41, 5.74) is 1.27. The lowest BCUT2D eigenvalue weighted by Gasteiger charge is -2.24. The molecule has 1 aromatic rings. The predicted molar refractivity (Wildman–Crippen MR) is 81.7 cm³/mol. The number of nitrogens with zero attached hydrogens (tertiary/aromatic N) is 1. The summed E-state index contributed by atoms with van der Waals surface area (Å²) in [6.45, 7) is 3.53. The first-order chi connectivity index (χ1) is 9.76. The first kappa shape index (κ1) is 17.2. The lowest BCUT2D eigenvalue weighted by molar-refractivity contribution is 0.0244. The third kappa shape index (κ3) is 7.63. The Labute approximate surface area is 125 Å². The van der Waals surface area contributed by atoms with Gasteiger partial charge in [0.25, 0.3) is 0 Å². The van der Waals surface area contributed by atoms with Gasteiger partial charge in [-0.15, -0.1) is 6.42 Å². The summed E-state index contributed by atoms with van der Waals surface area (Å²) in [5.74, 6) is 2.39. The molecule has 0 saturated carbocycles. The Morgan fingerprint density at radius 2 is 2.40 bits per heavy atom. The summed E-state index contributed by atoms with van der Waals surface area (Å²) in [5, 5.41) is 14.2. The van der Waals surface area contributed by atoms with E-state index in [1.807, 2.05) is 0 Å². The summed E-state index contributed by atoms with van der Waals surface area (Å²) >= 11 is 1.68. The monoisotopic (exact) mass is 297 g/mol. The van der Waals surface area contributed by atoms with Crippen molar-refractivity contribution in [3.63, 3.8) is 0 Å². The standard InChI is InChI=1S/C15H23NO3S/c1-3-7-19-12-15(17)11-16(6-4-8-18-2)10-14-5-9-20-13-14/h1,5,9,13,15,17H,4,6-8,10-12H2,2H3/t15-/m1/s1. The van der Waals surface area contributed by atoms with Gasteiger partial charge in [-0.1, -0.05) is 5.92 Å². The van der Waals surface area contributed by atoms with Gasteiger partial charge in [-0.2, -0.15) is 11.3 Å². The topological polar surface area (TPSA) is 41.9 Å². The van der Waals surface area contributed by atoms with Gasteiger partial charge < -0.3 is 14.6 Å². The van der Waals surface area contributed by atoms with Crippen LogP contribution in [0.3, 0.4) is 0 Å². The highest BCUT2D eigenvalue weighted by Crippen LogP contribution is 2.10. The molecule has 0 aromatic carbocycles. The Kier molecular flexibility index (Phi) is 9.29. The van der Waals surface area contributed by atoms with Crippen molar-refractivity contribution in [1.29, 1.82) is 0 Å². The highest BCUT2D eigenvalue weighted by atomic mass is 32.1. The average Bonchev–Trinajstić information content (AvgIpc) is 2.92. The Bertz CT molecular complexity index is 375. The van der Waals surface area contributed by atoms with E-state index >= 15 is 0 Å². The van der Waals surface area contributed by atoms with Crippen LogP contribution in [0.1, 0.15) is 12.0 Å². The van der Waals surface area contributed by atoms with Gasteiger partial charge in [0, 0.05) is 33.4 Å². The molecule has 20 heavy (non-hydrogen) atoms. The van der Waals surface area contributed by atoms with E-state index in [4.69, 9.17) is 15.9 Å². The molecule has 0 aliphatic heterocycles. The molecule has 0 aliphatic carbocycles. The van der Waals surface area contributed by atoms with Gasteiger partial charge in [0.15, 0.2) is 0 Å². The molecule has 0 bridgehead atoms. The molecule has 0 radical (unpaired) electrons. The number of hydrogen-bond acceptors (Lipinski definition) is 5. The lowest BCUT2D eigenvalue weighted by atomic mass is 10.2. The molecular formula is C15H23NO3S. The van der Waals surface area contributed by atoms with Crippen LogP contribution in [0.2, 0.25) is 0 Å². The van der Waals surface area contributed by atoms with Crippen molar-refractivity contribution in [3.8, 4) is 12.3 Å². The second kappa shape index (κ2) is 10.8. The van der Waals surface area contributed by atoms with Gasteiger partial charge in [0.2, 0.25) is 0 Å². The van der Waals surface area contributed by atoms with E-state index in [9.17, 15) is 5.11 Å². The van der Waals surface area contributed by atoms with Crippen molar-refractivity contribution in [1.82, 2.24) is 4.90 Å². The van der Waals surface area contributed by atoms with E-state index in [-0.39, 0.29) is 13.2 Å². The molecule has 0 saturated heterocycles. The Balaban J connectivity index is 2.38. The first-order valence-corrected chi connectivity index (χ1v) is 7.62. The molecule has 0 aliphatic rings. The van der Waals surface area contributed by atoms with E-state index in [2.05, 4.69) is 27.6 Å². The molecule has 0 unspecified atom stereocenters. The van der Waals surface area contributed by atoms with Crippen molar-refractivity contribution >= 4 is 11.3 Å². The second-order valence-electron chi connectivity index (χ2n) is 4.59. The van der Waals surface area contributed by atoms with E-state index < -0.39 is 6.10 Å². The zero-order valence-electron chi connectivity index (χ0n) is 12.0. The average molecular weight is 297 g/mol. The largest absolute Gasteiger partial charge is 0.389 e. The van der Waals surface area contributed by atoms with Crippen LogP contribution in [0.4, 0.5) is 0 Å². The number of aliphatic hydroxyl groups excluding tert-OH is 1. The minimum absolute atomic E-state index is 0.241. The predicted octanol–water partition coefficient (Wildman–Crippen LogP) is 1.60. The van der Waals surface area contributed by atoms with Gasteiger partial charge in [-0.25, -0.2) is 0 Å². The zero-order chi connectivity index (χ0) is 14.6. The molecular weight excluding hydrogens is 274 g/mol. The van der Waals surface area contributed by atoms with Crippen LogP contribution in [0, 0.1) is 12.3 Å². The zero-order valence-corrected chi connectivity index (χ0v) is 12.8. The number of aliphatic hydroxyl groups is 1. The molecule has 5 heteroatoms. The molecule has 0 spiro atoms. The lowest BCUT2D eigenvalue weighted by Crippen LogP contribution is -2.35. The summed E-state index contributed by atoms with van der Waals surface area (Å²) in [4.78, 5) is 2.21. The Morgan fingerprint density at radius 3 is 3.05 bits per heavy atom. The highest BCUT2D eigenvalue weighted by molar-refractivity contribution is 7.07. The molecule has 4 nitrogen and oxygen atoms in total. The van der Waals surface area contributed by atoms with Crippen LogP contribution >= 0.6 is 11.3 Å². The van der Waals surface area contributed by atoms with Gasteiger partial charge in [-0.05, 0) is 28.8 Å². The van der Waals surface area contributed by atoms with Gasteiger partial charge >= 0.3 is 0 Å². The minimum atomic E-state index is -0.524. The van der Waals surface area contributed by atoms with Gasteiger partial charge in [0.1, 0.15) is 6.61 Å². The first-order valence-electron chi connectivity index (χ1n) is 6.68. The van der Waals surface area contributed by atoms with Crippen molar-refractivity contribution in [2.24, 2.45) is 0 Å². The summed E-state index contributed by atoms with van der Waals surface area (Å²) in [7, 11) is 1.70. The fourth-order valence-electron chi connectivity index (χ4n) is 1.91. The number of rotatable bonds is 11. The third-order valence-electron chi connectivity index (χ3n) is 2.77. The number of methoxy groups -OCH3 is 1.